The minimum Gasteiger partial charge on any atom is -0.497 e. The molecule has 0 fully saturated rings. The summed E-state index contributed by atoms with van der Waals surface area (Å²) in [6.45, 7) is 1.13. The maximum Gasteiger partial charge on any atom is 0.344 e. The molecule has 0 unspecified atom stereocenters. The molecule has 0 aromatic heterocycles. The van der Waals surface area contributed by atoms with Gasteiger partial charge in [0.05, 0.1) is 19.4 Å². The number of benzene rings is 3. The molecule has 0 aliphatic rings. The smallest absolute Gasteiger partial charge is 0.344 e. The predicted octanol–water partition coefficient (Wildman–Crippen LogP) is 5.63. The van der Waals surface area contributed by atoms with Gasteiger partial charge in [0.15, 0.2) is 24.0 Å². The van der Waals surface area contributed by atoms with Crippen LogP contribution < -0.4 is 14.4 Å². The molecule has 3 aromatic rings. The SMILES string of the molecule is CCOC(=O)COc1ccc(F)c(N(C)c2cc(OC)cc(-c3cccc(F)c3)c2F)c1F. The fourth-order valence-electron chi connectivity index (χ4n) is 3.21. The molecule has 5 nitrogen and oxygen atoms in total. The largest absolute Gasteiger partial charge is 0.497 e. The molecule has 0 amide bonds. The first-order chi connectivity index (χ1) is 15.8. The maximum atomic E-state index is 15.5. The number of hydrogen-bond acceptors (Lipinski definition) is 5. The third-order valence-corrected chi connectivity index (χ3v) is 4.78. The third kappa shape index (κ3) is 5.19. The van der Waals surface area contributed by atoms with E-state index >= 15 is 8.78 Å². The first kappa shape index (κ1) is 23.9. The van der Waals surface area contributed by atoms with E-state index in [-0.39, 0.29) is 29.2 Å². The Labute approximate surface area is 188 Å². The summed E-state index contributed by atoms with van der Waals surface area (Å²) in [5, 5.41) is 0. The van der Waals surface area contributed by atoms with E-state index in [1.54, 1.807) is 6.92 Å². The van der Waals surface area contributed by atoms with Crippen LogP contribution in [0.1, 0.15) is 6.92 Å². The van der Waals surface area contributed by atoms with E-state index in [1.807, 2.05) is 0 Å². The maximum absolute atomic E-state index is 15.5. The third-order valence-electron chi connectivity index (χ3n) is 4.78. The number of ether oxygens (including phenoxy) is 3. The van der Waals surface area contributed by atoms with E-state index in [0.29, 0.717) is 0 Å². The van der Waals surface area contributed by atoms with Gasteiger partial charge in [-0.15, -0.1) is 0 Å². The van der Waals surface area contributed by atoms with Crippen LogP contribution in [0.2, 0.25) is 0 Å². The number of carbonyl (C=O) groups excluding carboxylic acids is 1. The quantitative estimate of drug-likeness (QED) is 0.320. The molecule has 0 saturated heterocycles. The zero-order valence-electron chi connectivity index (χ0n) is 18.1. The summed E-state index contributed by atoms with van der Waals surface area (Å²) >= 11 is 0. The van der Waals surface area contributed by atoms with Crippen molar-refractivity contribution in [2.24, 2.45) is 0 Å². The zero-order valence-corrected chi connectivity index (χ0v) is 18.1. The van der Waals surface area contributed by atoms with E-state index in [4.69, 9.17) is 14.2 Å². The molecule has 0 heterocycles. The standard InChI is InChI=1S/C24H21F4NO4/c1-4-32-21(30)13-33-20-9-8-18(26)24(23(20)28)29(2)19-12-16(31-3)11-17(22(19)27)14-6-5-7-15(25)10-14/h5-12H,4,13H2,1-3H3. The molecule has 0 saturated carbocycles. The first-order valence-electron chi connectivity index (χ1n) is 9.90. The minimum absolute atomic E-state index is 0.0220. The Morgan fingerprint density at radius 3 is 2.42 bits per heavy atom. The Kier molecular flexibility index (Phi) is 7.42. The van der Waals surface area contributed by atoms with Gasteiger partial charge in [-0.1, -0.05) is 12.1 Å². The van der Waals surface area contributed by atoms with E-state index in [2.05, 4.69) is 0 Å². The molecule has 0 spiro atoms. The molecule has 9 heteroatoms. The van der Waals surface area contributed by atoms with Gasteiger partial charge >= 0.3 is 5.97 Å². The summed E-state index contributed by atoms with van der Waals surface area (Å²) in [4.78, 5) is 12.4. The van der Waals surface area contributed by atoms with Crippen LogP contribution in [0.25, 0.3) is 11.1 Å². The van der Waals surface area contributed by atoms with Gasteiger partial charge in [-0.3, -0.25) is 0 Å². The van der Waals surface area contributed by atoms with E-state index in [0.717, 1.165) is 23.1 Å². The topological polar surface area (TPSA) is 48.0 Å². The number of hydrogen-bond donors (Lipinski definition) is 0. The molecule has 0 bridgehead atoms. The van der Waals surface area contributed by atoms with Gasteiger partial charge in [0.25, 0.3) is 0 Å². The molecule has 3 rings (SSSR count). The van der Waals surface area contributed by atoms with Gasteiger partial charge in [-0.05, 0) is 42.8 Å². The van der Waals surface area contributed by atoms with Crippen molar-refractivity contribution in [3.05, 3.63) is 71.8 Å². The van der Waals surface area contributed by atoms with Crippen LogP contribution in [0.4, 0.5) is 28.9 Å². The summed E-state index contributed by atoms with van der Waals surface area (Å²) in [5.41, 5.74) is -0.651. The molecule has 33 heavy (non-hydrogen) atoms. The van der Waals surface area contributed by atoms with Crippen LogP contribution >= 0.6 is 0 Å². The van der Waals surface area contributed by atoms with Crippen LogP contribution in [0, 0.1) is 23.3 Å². The number of nitrogens with zero attached hydrogens (tertiary/aromatic N) is 1. The second kappa shape index (κ2) is 10.2. The Balaban J connectivity index is 2.06. The summed E-state index contributed by atoms with van der Waals surface area (Å²) in [7, 11) is 2.60. The van der Waals surface area contributed by atoms with Crippen LogP contribution in [0.3, 0.4) is 0 Å². The summed E-state index contributed by atoms with van der Waals surface area (Å²) in [6, 6.07) is 9.80. The van der Waals surface area contributed by atoms with Crippen molar-refractivity contribution in [3.8, 4) is 22.6 Å². The van der Waals surface area contributed by atoms with Crippen molar-refractivity contribution in [1.82, 2.24) is 0 Å². The van der Waals surface area contributed by atoms with Crippen LogP contribution in [0.15, 0.2) is 48.5 Å². The second-order valence-electron chi connectivity index (χ2n) is 6.88. The predicted molar refractivity (Wildman–Crippen MR) is 115 cm³/mol. The van der Waals surface area contributed by atoms with Crippen molar-refractivity contribution >= 4 is 17.3 Å². The lowest BCUT2D eigenvalue weighted by atomic mass is 10.0. The Morgan fingerprint density at radius 1 is 1.00 bits per heavy atom. The highest BCUT2D eigenvalue weighted by Gasteiger charge is 2.24. The molecular weight excluding hydrogens is 442 g/mol. The fraction of sp³-hybridized carbons (Fsp3) is 0.208. The number of halogens is 4. The number of anilines is 2. The second-order valence-corrected chi connectivity index (χ2v) is 6.88. The average molecular weight is 463 g/mol. The molecule has 3 aromatic carbocycles. The van der Waals surface area contributed by atoms with Gasteiger partial charge < -0.3 is 19.1 Å². The van der Waals surface area contributed by atoms with Crippen molar-refractivity contribution in [1.29, 1.82) is 0 Å². The van der Waals surface area contributed by atoms with Gasteiger partial charge in [-0.2, -0.15) is 0 Å². The van der Waals surface area contributed by atoms with Crippen molar-refractivity contribution in [3.63, 3.8) is 0 Å². The molecule has 0 aliphatic carbocycles. The highest BCUT2D eigenvalue weighted by molar-refractivity contribution is 5.76. The van der Waals surface area contributed by atoms with Gasteiger partial charge in [0.1, 0.15) is 23.1 Å². The molecule has 0 radical (unpaired) electrons. The fourth-order valence-corrected chi connectivity index (χ4v) is 3.21. The lowest BCUT2D eigenvalue weighted by molar-refractivity contribution is -0.145. The monoisotopic (exact) mass is 463 g/mol. The number of esters is 1. The van der Waals surface area contributed by atoms with Crippen LogP contribution in [-0.2, 0) is 9.53 Å². The molecule has 0 aliphatic heterocycles. The Morgan fingerprint density at radius 2 is 1.76 bits per heavy atom. The lowest BCUT2D eigenvalue weighted by Gasteiger charge is -2.24. The van der Waals surface area contributed by atoms with Crippen molar-refractivity contribution in [2.75, 3.05) is 32.3 Å². The average Bonchev–Trinajstić information content (AvgIpc) is 2.79. The summed E-state index contributed by atoms with van der Waals surface area (Å²) in [6.07, 6.45) is 0. The molecule has 174 valence electrons. The van der Waals surface area contributed by atoms with Gasteiger partial charge in [0.2, 0.25) is 0 Å². The number of carbonyl (C=O) groups is 1. The Bertz CT molecular complexity index is 1170. The van der Waals surface area contributed by atoms with E-state index in [9.17, 15) is 13.6 Å². The van der Waals surface area contributed by atoms with Crippen LogP contribution in [-0.4, -0.2) is 33.3 Å². The van der Waals surface area contributed by atoms with E-state index in [1.165, 1.54) is 44.5 Å². The van der Waals surface area contributed by atoms with Gasteiger partial charge in [0, 0.05) is 18.7 Å². The van der Waals surface area contributed by atoms with Crippen molar-refractivity contribution < 1.29 is 36.6 Å². The number of methoxy groups -OCH3 is 1. The first-order valence-corrected chi connectivity index (χ1v) is 9.90. The normalized spacial score (nSPS) is 10.6. The minimum atomic E-state index is -1.14. The Hall–Kier alpha value is -3.75. The van der Waals surface area contributed by atoms with Gasteiger partial charge in [-0.25, -0.2) is 22.4 Å². The lowest BCUT2D eigenvalue weighted by Crippen LogP contribution is -2.18. The zero-order chi connectivity index (χ0) is 24.1. The molecular formula is C24H21F4NO4. The highest BCUT2D eigenvalue weighted by Crippen LogP contribution is 2.40. The number of rotatable bonds is 8. The molecule has 0 atom stereocenters. The summed E-state index contributed by atoms with van der Waals surface area (Å²) < 4.78 is 74.0. The highest BCUT2D eigenvalue weighted by atomic mass is 19.1. The van der Waals surface area contributed by atoms with Crippen molar-refractivity contribution in [2.45, 2.75) is 6.92 Å². The van der Waals surface area contributed by atoms with Crippen LogP contribution in [0.5, 0.6) is 11.5 Å². The van der Waals surface area contributed by atoms with E-state index < -0.39 is 47.3 Å². The molecule has 0 N–H and O–H groups in total. The summed E-state index contributed by atoms with van der Waals surface area (Å²) in [5.74, 6) is -4.51.